The second-order valence-corrected chi connectivity index (χ2v) is 6.95. The van der Waals surface area contributed by atoms with E-state index in [1.165, 1.54) is 12.5 Å². The summed E-state index contributed by atoms with van der Waals surface area (Å²) in [6.45, 7) is 2.81. The van der Waals surface area contributed by atoms with Gasteiger partial charge in [-0.3, -0.25) is 10.1 Å². The normalized spacial score (nSPS) is 14.8. The summed E-state index contributed by atoms with van der Waals surface area (Å²) in [5.41, 5.74) is 0.222. The lowest BCUT2D eigenvalue weighted by Gasteiger charge is -2.32. The molecule has 4 rings (SSSR count). The first-order valence-corrected chi connectivity index (χ1v) is 9.22. The smallest absolute Gasteiger partial charge is 0.373 e. The van der Waals surface area contributed by atoms with Crippen molar-refractivity contribution in [3.05, 3.63) is 51.9 Å². The maximum Gasteiger partial charge on any atom is 0.373 e. The fraction of sp³-hybridized carbons (Fsp3) is 0.278. The number of benzene rings is 1. The van der Waals surface area contributed by atoms with Crippen LogP contribution in [0.25, 0.3) is 11.3 Å². The van der Waals surface area contributed by atoms with Crippen LogP contribution in [0.4, 0.5) is 11.5 Å². The summed E-state index contributed by atoms with van der Waals surface area (Å²) >= 11 is 6.09. The molecule has 10 nitrogen and oxygen atoms in total. The average molecular weight is 417 g/mol. The highest BCUT2D eigenvalue weighted by Gasteiger charge is 2.30. The van der Waals surface area contributed by atoms with E-state index in [1.54, 1.807) is 24.3 Å². The standard InChI is InChI=1S/C18H17ClN6O4/c1-23-6-8-24(9-7-23)17-16(25(26)27)18(21-11-20-17)28-14-3-2-12(19)10-13(14)15-4-5-22-29-15/h2-5,10-11H,6-9H2,1H3. The molecule has 0 spiro atoms. The Kier molecular flexibility index (Phi) is 5.28. The molecule has 0 amide bonds. The number of ether oxygens (including phenoxy) is 1. The maximum atomic E-state index is 11.9. The fourth-order valence-corrected chi connectivity index (χ4v) is 3.25. The first-order valence-electron chi connectivity index (χ1n) is 8.84. The molecule has 0 aliphatic carbocycles. The summed E-state index contributed by atoms with van der Waals surface area (Å²) in [4.78, 5) is 23.5. The molecule has 1 saturated heterocycles. The van der Waals surface area contributed by atoms with Gasteiger partial charge in [0.25, 0.3) is 0 Å². The highest BCUT2D eigenvalue weighted by Crippen LogP contribution is 2.40. The van der Waals surface area contributed by atoms with Crippen molar-refractivity contribution >= 4 is 23.1 Å². The van der Waals surface area contributed by atoms with Gasteiger partial charge in [-0.25, -0.2) is 4.98 Å². The molecule has 0 bridgehead atoms. The van der Waals surface area contributed by atoms with Crippen molar-refractivity contribution in [2.45, 2.75) is 0 Å². The molecule has 1 aromatic carbocycles. The molecule has 2 aromatic heterocycles. The predicted octanol–water partition coefficient (Wildman–Crippen LogP) is 3.24. The van der Waals surface area contributed by atoms with E-state index < -0.39 is 4.92 Å². The highest BCUT2D eigenvalue weighted by molar-refractivity contribution is 6.30. The molecule has 0 N–H and O–H groups in total. The number of hydrogen-bond donors (Lipinski definition) is 0. The number of hydrogen-bond acceptors (Lipinski definition) is 9. The predicted molar refractivity (Wildman–Crippen MR) is 105 cm³/mol. The van der Waals surface area contributed by atoms with Gasteiger partial charge in [0.1, 0.15) is 12.1 Å². The Hall–Kier alpha value is -3.24. The zero-order valence-corrected chi connectivity index (χ0v) is 16.2. The molecular formula is C18H17ClN6O4. The van der Waals surface area contributed by atoms with Crippen LogP contribution in [-0.4, -0.2) is 58.2 Å². The van der Waals surface area contributed by atoms with Crippen LogP contribution in [0, 0.1) is 10.1 Å². The number of rotatable bonds is 5. The largest absolute Gasteiger partial charge is 0.433 e. The van der Waals surface area contributed by atoms with E-state index in [4.69, 9.17) is 20.9 Å². The van der Waals surface area contributed by atoms with Crippen molar-refractivity contribution in [2.24, 2.45) is 0 Å². The quantitative estimate of drug-likeness (QED) is 0.457. The van der Waals surface area contributed by atoms with Crippen molar-refractivity contribution in [2.75, 3.05) is 38.1 Å². The third-order valence-corrected chi connectivity index (χ3v) is 4.84. The van der Waals surface area contributed by atoms with Crippen molar-refractivity contribution in [3.63, 3.8) is 0 Å². The lowest BCUT2D eigenvalue weighted by Crippen LogP contribution is -2.45. The molecular weight excluding hydrogens is 400 g/mol. The second kappa shape index (κ2) is 8.02. The summed E-state index contributed by atoms with van der Waals surface area (Å²) in [5.74, 6) is 0.807. The van der Waals surface area contributed by atoms with E-state index >= 15 is 0 Å². The minimum Gasteiger partial charge on any atom is -0.433 e. The monoisotopic (exact) mass is 416 g/mol. The van der Waals surface area contributed by atoms with Crippen LogP contribution in [0.1, 0.15) is 0 Å². The minimum absolute atomic E-state index is 0.151. The molecule has 29 heavy (non-hydrogen) atoms. The van der Waals surface area contributed by atoms with Crippen molar-refractivity contribution < 1.29 is 14.2 Å². The van der Waals surface area contributed by atoms with E-state index in [2.05, 4.69) is 20.0 Å². The number of piperazine rings is 1. The summed E-state index contributed by atoms with van der Waals surface area (Å²) in [6.07, 6.45) is 2.75. The topological polar surface area (TPSA) is 111 Å². The molecule has 1 aliphatic heterocycles. The lowest BCUT2D eigenvalue weighted by molar-refractivity contribution is -0.385. The van der Waals surface area contributed by atoms with Gasteiger partial charge >= 0.3 is 11.6 Å². The van der Waals surface area contributed by atoms with E-state index in [0.29, 0.717) is 35.2 Å². The van der Waals surface area contributed by atoms with Crippen molar-refractivity contribution in [1.29, 1.82) is 0 Å². The van der Waals surface area contributed by atoms with Crippen molar-refractivity contribution in [1.82, 2.24) is 20.0 Å². The molecule has 11 heteroatoms. The Bertz CT molecular complexity index is 1020. The van der Waals surface area contributed by atoms with Crippen LogP contribution in [0.3, 0.4) is 0 Å². The zero-order valence-electron chi connectivity index (χ0n) is 15.5. The molecule has 1 aliphatic rings. The zero-order chi connectivity index (χ0) is 20.4. The Morgan fingerprint density at radius 2 is 2.00 bits per heavy atom. The Morgan fingerprint density at radius 1 is 1.21 bits per heavy atom. The Labute approximate surface area is 170 Å². The fourth-order valence-electron chi connectivity index (χ4n) is 3.08. The van der Waals surface area contributed by atoms with Gasteiger partial charge in [0.2, 0.25) is 5.82 Å². The maximum absolute atomic E-state index is 11.9. The van der Waals surface area contributed by atoms with E-state index in [9.17, 15) is 10.1 Å². The van der Waals surface area contributed by atoms with Crippen LogP contribution in [-0.2, 0) is 0 Å². The van der Waals surface area contributed by atoms with Gasteiger partial charge in [0, 0.05) is 37.3 Å². The first-order chi connectivity index (χ1) is 14.0. The minimum atomic E-state index is -0.521. The average Bonchev–Trinajstić information content (AvgIpc) is 3.24. The third kappa shape index (κ3) is 3.98. The van der Waals surface area contributed by atoms with E-state index in [1.807, 2.05) is 11.9 Å². The van der Waals surface area contributed by atoms with Crippen molar-refractivity contribution in [3.8, 4) is 23.0 Å². The number of nitrogens with zero attached hydrogens (tertiary/aromatic N) is 6. The van der Waals surface area contributed by atoms with Gasteiger partial charge in [-0.1, -0.05) is 16.8 Å². The summed E-state index contributed by atoms with van der Waals surface area (Å²) in [6, 6.07) is 6.49. The highest BCUT2D eigenvalue weighted by atomic mass is 35.5. The van der Waals surface area contributed by atoms with Gasteiger partial charge in [-0.2, -0.15) is 4.98 Å². The number of nitro groups is 1. The molecule has 0 atom stereocenters. The van der Waals surface area contributed by atoms with Crippen LogP contribution in [0.5, 0.6) is 11.6 Å². The number of aromatic nitrogens is 3. The van der Waals surface area contributed by atoms with Gasteiger partial charge < -0.3 is 19.1 Å². The Balaban J connectivity index is 1.73. The lowest BCUT2D eigenvalue weighted by atomic mass is 10.1. The molecule has 0 radical (unpaired) electrons. The van der Waals surface area contributed by atoms with Crippen LogP contribution >= 0.6 is 11.6 Å². The second-order valence-electron chi connectivity index (χ2n) is 6.52. The van der Waals surface area contributed by atoms with Crippen LogP contribution < -0.4 is 9.64 Å². The van der Waals surface area contributed by atoms with Gasteiger partial charge in [-0.05, 0) is 25.2 Å². The summed E-state index contributed by atoms with van der Waals surface area (Å²) in [5, 5.41) is 16.0. The van der Waals surface area contributed by atoms with Gasteiger partial charge in [0.15, 0.2) is 5.76 Å². The molecule has 150 valence electrons. The number of likely N-dealkylation sites (N-methyl/N-ethyl adjacent to an activating group) is 1. The Morgan fingerprint density at radius 3 is 2.69 bits per heavy atom. The number of halogens is 1. The van der Waals surface area contributed by atoms with Gasteiger partial charge in [0.05, 0.1) is 16.7 Å². The van der Waals surface area contributed by atoms with Gasteiger partial charge in [-0.15, -0.1) is 0 Å². The van der Waals surface area contributed by atoms with E-state index in [-0.39, 0.29) is 17.4 Å². The van der Waals surface area contributed by atoms with E-state index in [0.717, 1.165) is 13.1 Å². The van der Waals surface area contributed by atoms with Crippen LogP contribution in [0.15, 0.2) is 41.3 Å². The number of anilines is 1. The summed E-state index contributed by atoms with van der Waals surface area (Å²) in [7, 11) is 2.01. The van der Waals surface area contributed by atoms with Crippen LogP contribution in [0.2, 0.25) is 5.02 Å². The molecule has 0 unspecified atom stereocenters. The SMILES string of the molecule is CN1CCN(c2ncnc(Oc3ccc(Cl)cc3-c3ccno3)c2[N+](=O)[O-])CC1. The molecule has 1 fully saturated rings. The molecule has 3 heterocycles. The third-order valence-electron chi connectivity index (χ3n) is 4.61. The first kappa shape index (κ1) is 19.1. The molecule has 0 saturated carbocycles. The molecule has 3 aromatic rings. The summed E-state index contributed by atoms with van der Waals surface area (Å²) < 4.78 is 11.0.